The summed E-state index contributed by atoms with van der Waals surface area (Å²) < 4.78 is 19.8. The van der Waals surface area contributed by atoms with Gasteiger partial charge in [-0.3, -0.25) is 28.9 Å². The topological polar surface area (TPSA) is 142 Å². The summed E-state index contributed by atoms with van der Waals surface area (Å²) >= 11 is 14.7. The van der Waals surface area contributed by atoms with E-state index in [2.05, 4.69) is 0 Å². The molecule has 2 aliphatic heterocycles. The van der Waals surface area contributed by atoms with Crippen molar-refractivity contribution in [3.63, 3.8) is 0 Å². The molecule has 3 fully saturated rings. The zero-order chi connectivity index (χ0) is 35.5. The Hall–Kier alpha value is -4.74. The molecule has 2 N–H and O–H groups in total. The second-order valence-electron chi connectivity index (χ2n) is 13.1. The number of allylic oxidation sites excluding steroid dienone is 2. The van der Waals surface area contributed by atoms with Gasteiger partial charge >= 0.3 is 5.97 Å². The third-order valence-electron chi connectivity index (χ3n) is 10.3. The normalized spacial score (nSPS) is 28.7. The number of ether oxygens (including phenoxy) is 1. The van der Waals surface area contributed by atoms with Gasteiger partial charge in [0.15, 0.2) is 9.75 Å². The van der Waals surface area contributed by atoms with E-state index in [9.17, 15) is 33.5 Å². The van der Waals surface area contributed by atoms with E-state index in [4.69, 9.17) is 33.0 Å². The summed E-state index contributed by atoms with van der Waals surface area (Å²) in [6, 6.07) is 18.6. The number of anilines is 1. The number of halogens is 3. The summed E-state index contributed by atoms with van der Waals surface area (Å²) in [5.74, 6) is -8.23. The number of alkyl halides is 2. The Kier molecular flexibility index (Phi) is 8.47. The Morgan fingerprint density at radius 3 is 2.34 bits per heavy atom. The number of amides is 4. The molecule has 0 bridgehead atoms. The van der Waals surface area contributed by atoms with Crippen LogP contribution in [0, 0.1) is 23.6 Å². The fraction of sp³-hybridized carbons (Fsp3) is 0.324. The first kappa shape index (κ1) is 33.7. The quantitative estimate of drug-likeness (QED) is 0.167. The molecule has 3 aromatic rings. The number of imide groups is 2. The summed E-state index contributed by atoms with van der Waals surface area (Å²) in [5.41, 5.74) is 1.56. The number of rotatable bonds is 9. The smallest absolute Gasteiger partial charge is 0.303 e. The Morgan fingerprint density at radius 1 is 0.940 bits per heavy atom. The van der Waals surface area contributed by atoms with E-state index in [1.807, 2.05) is 30.3 Å². The number of phenolic OH excluding ortho intramolecular Hbond substituents is 1. The summed E-state index contributed by atoms with van der Waals surface area (Å²) in [4.78, 5) is 65.0. The predicted molar refractivity (Wildman–Crippen MR) is 179 cm³/mol. The first-order valence-corrected chi connectivity index (χ1v) is 16.9. The molecule has 1 saturated carbocycles. The van der Waals surface area contributed by atoms with Gasteiger partial charge in [0.05, 0.1) is 17.5 Å². The number of nitrogens with zero attached hydrogens (tertiary/aromatic N) is 2. The molecule has 13 heteroatoms. The lowest BCUT2D eigenvalue weighted by molar-refractivity contribution is -0.142. The number of likely N-dealkylation sites (tertiary alicyclic amines) is 1. The Bertz CT molecular complexity index is 1960. The van der Waals surface area contributed by atoms with Gasteiger partial charge < -0.3 is 14.9 Å². The Morgan fingerprint density at radius 2 is 1.66 bits per heavy atom. The lowest BCUT2D eigenvalue weighted by Gasteiger charge is -2.50. The Labute approximate surface area is 296 Å². The zero-order valence-electron chi connectivity index (χ0n) is 26.4. The number of aliphatic carboxylic acids is 1. The van der Waals surface area contributed by atoms with Crippen LogP contribution in [-0.4, -0.2) is 61.0 Å². The fourth-order valence-electron chi connectivity index (χ4n) is 8.02. The van der Waals surface area contributed by atoms with Crippen molar-refractivity contribution in [2.24, 2.45) is 17.8 Å². The van der Waals surface area contributed by atoms with E-state index in [0.29, 0.717) is 11.3 Å². The molecule has 7 rings (SSSR count). The van der Waals surface area contributed by atoms with E-state index >= 15 is 0 Å². The lowest BCUT2D eigenvalue weighted by Crippen LogP contribution is -2.60. The minimum Gasteiger partial charge on any atom is -0.508 e. The monoisotopic (exact) mass is 720 g/mol. The third kappa shape index (κ3) is 5.17. The highest BCUT2D eigenvalue weighted by Crippen LogP contribution is 2.66. The van der Waals surface area contributed by atoms with Crippen molar-refractivity contribution in [2.45, 2.75) is 48.0 Å². The van der Waals surface area contributed by atoms with E-state index < -0.39 is 68.8 Å². The average molecular weight is 722 g/mol. The number of benzene rings is 3. The van der Waals surface area contributed by atoms with Gasteiger partial charge in [-0.05, 0) is 61.1 Å². The van der Waals surface area contributed by atoms with Crippen LogP contribution in [0.5, 0.6) is 11.5 Å². The van der Waals surface area contributed by atoms with Crippen LogP contribution in [0.2, 0.25) is 0 Å². The molecule has 4 aliphatic rings. The van der Waals surface area contributed by atoms with E-state index in [0.717, 1.165) is 27.5 Å². The van der Waals surface area contributed by atoms with E-state index in [1.165, 1.54) is 24.3 Å². The number of carboxylic acid groups (broad SMARTS) is 1. The molecule has 0 spiro atoms. The van der Waals surface area contributed by atoms with Gasteiger partial charge in [-0.25, -0.2) is 9.29 Å². The van der Waals surface area contributed by atoms with Gasteiger partial charge in [0.1, 0.15) is 23.9 Å². The Balaban J connectivity index is 1.31. The molecule has 4 amide bonds. The van der Waals surface area contributed by atoms with Crippen molar-refractivity contribution in [2.75, 3.05) is 11.4 Å². The van der Waals surface area contributed by atoms with Gasteiger partial charge in [0, 0.05) is 30.5 Å². The van der Waals surface area contributed by atoms with Crippen LogP contribution in [0.1, 0.15) is 42.7 Å². The molecular formula is C37H31Cl2FN2O8. The number of phenols is 1. The summed E-state index contributed by atoms with van der Waals surface area (Å²) in [7, 11) is 0. The maximum absolute atomic E-state index is 14.5. The van der Waals surface area contributed by atoms with Gasteiger partial charge in [-0.1, -0.05) is 48.0 Å². The van der Waals surface area contributed by atoms with Crippen LogP contribution in [0.4, 0.5) is 10.1 Å². The maximum atomic E-state index is 14.5. The molecule has 0 radical (unpaired) electrons. The molecule has 6 atom stereocenters. The highest BCUT2D eigenvalue weighted by atomic mass is 35.5. The minimum absolute atomic E-state index is 0.0371. The standard InChI is InChI=1S/C37H31Cl2FN2O8/c38-36-18-27-24(14-15-26-30(27)33(47)41(32(26)46)16-4-7-29(44)45)31(25-13-12-23(17-28(25)43)50-19-20-5-2-1-3-6-20)37(36,39)35(49)42(34(36)48)22-10-8-21(40)9-11-22/h1-3,5-6,8-14,17,26-27,30-31,43H,4,7,15-16,18-19H2,(H,44,45). The van der Waals surface area contributed by atoms with Crippen LogP contribution in [0.3, 0.4) is 0 Å². The van der Waals surface area contributed by atoms with Gasteiger partial charge in [0.2, 0.25) is 11.8 Å². The van der Waals surface area contributed by atoms with Crippen molar-refractivity contribution < 1.29 is 43.3 Å². The van der Waals surface area contributed by atoms with Crippen molar-refractivity contribution in [3.05, 3.63) is 101 Å². The third-order valence-corrected chi connectivity index (χ3v) is 11.7. The highest BCUT2D eigenvalue weighted by Gasteiger charge is 2.76. The lowest BCUT2D eigenvalue weighted by atomic mass is 9.56. The van der Waals surface area contributed by atoms with E-state index in [-0.39, 0.29) is 55.8 Å². The van der Waals surface area contributed by atoms with Crippen molar-refractivity contribution in [3.8, 4) is 11.5 Å². The highest BCUT2D eigenvalue weighted by molar-refractivity contribution is 6.58. The number of aromatic hydroxyl groups is 1. The van der Waals surface area contributed by atoms with Crippen LogP contribution in [0.25, 0.3) is 0 Å². The first-order valence-electron chi connectivity index (χ1n) is 16.2. The summed E-state index contributed by atoms with van der Waals surface area (Å²) in [5, 5.41) is 20.7. The minimum atomic E-state index is -2.22. The predicted octanol–water partition coefficient (Wildman–Crippen LogP) is 5.54. The first-order chi connectivity index (χ1) is 23.9. The number of hydrogen-bond acceptors (Lipinski definition) is 7. The largest absolute Gasteiger partial charge is 0.508 e. The molecule has 0 aromatic heterocycles. The number of hydrogen-bond donors (Lipinski definition) is 2. The number of carbonyl (C=O) groups excluding carboxylic acids is 4. The molecule has 2 saturated heterocycles. The molecule has 2 aliphatic carbocycles. The fourth-order valence-corrected chi connectivity index (χ4v) is 8.94. The molecule has 3 aromatic carbocycles. The van der Waals surface area contributed by atoms with Crippen molar-refractivity contribution in [1.29, 1.82) is 0 Å². The van der Waals surface area contributed by atoms with Gasteiger partial charge in [-0.15, -0.1) is 23.2 Å². The van der Waals surface area contributed by atoms with Crippen LogP contribution in [0.15, 0.2) is 84.4 Å². The second kappa shape index (κ2) is 12.5. The van der Waals surface area contributed by atoms with E-state index in [1.54, 1.807) is 12.1 Å². The number of carbonyl (C=O) groups is 5. The SMILES string of the molecule is O=C(O)CCCN1C(=O)C2CC=C3C(CC4(Cl)C(=O)N(c5ccc(F)cc5)C(=O)C4(Cl)C3c3ccc(OCc4ccccc4)cc3O)C2C1=O. The maximum Gasteiger partial charge on any atom is 0.303 e. The average Bonchev–Trinajstić information content (AvgIpc) is 3.42. The van der Waals surface area contributed by atoms with Crippen LogP contribution < -0.4 is 9.64 Å². The molecular weight excluding hydrogens is 690 g/mol. The second-order valence-corrected chi connectivity index (χ2v) is 14.3. The molecule has 10 nitrogen and oxygen atoms in total. The number of fused-ring (bicyclic) bond motifs is 4. The van der Waals surface area contributed by atoms with Gasteiger partial charge in [-0.2, -0.15) is 0 Å². The molecule has 6 unspecified atom stereocenters. The summed E-state index contributed by atoms with van der Waals surface area (Å²) in [6.45, 7) is 0.122. The molecule has 50 heavy (non-hydrogen) atoms. The molecule has 2 heterocycles. The zero-order valence-corrected chi connectivity index (χ0v) is 27.9. The van der Waals surface area contributed by atoms with Crippen molar-refractivity contribution >= 4 is 58.5 Å². The summed E-state index contributed by atoms with van der Waals surface area (Å²) in [6.07, 6.45) is 1.39. The van der Waals surface area contributed by atoms with Crippen LogP contribution >= 0.6 is 23.2 Å². The van der Waals surface area contributed by atoms with Gasteiger partial charge in [0.25, 0.3) is 11.8 Å². The van der Waals surface area contributed by atoms with Crippen molar-refractivity contribution in [1.82, 2.24) is 4.90 Å². The molecule has 258 valence electrons. The number of carboxylic acids is 1. The van der Waals surface area contributed by atoms with Crippen LogP contribution in [-0.2, 0) is 30.6 Å².